The minimum atomic E-state index is 0.222. The number of anilines is 1. The van der Waals surface area contributed by atoms with E-state index in [1.807, 2.05) is 24.3 Å². The SMILES string of the molecule is CCc1ccc(NC(C)c2ccc(C#N)cc2)cc1. The van der Waals surface area contributed by atoms with Crippen molar-refractivity contribution in [2.45, 2.75) is 26.3 Å². The maximum Gasteiger partial charge on any atom is 0.0991 e. The van der Waals surface area contributed by atoms with Crippen LogP contribution in [0.5, 0.6) is 0 Å². The Kier molecular flexibility index (Phi) is 4.20. The first kappa shape index (κ1) is 13.2. The smallest absolute Gasteiger partial charge is 0.0991 e. The van der Waals surface area contributed by atoms with E-state index < -0.39 is 0 Å². The van der Waals surface area contributed by atoms with Gasteiger partial charge in [-0.3, -0.25) is 0 Å². The van der Waals surface area contributed by atoms with Crippen LogP contribution in [0.4, 0.5) is 5.69 Å². The number of hydrogen-bond donors (Lipinski definition) is 1. The molecule has 0 bridgehead atoms. The van der Waals surface area contributed by atoms with Crippen molar-refractivity contribution >= 4 is 5.69 Å². The fourth-order valence-corrected chi connectivity index (χ4v) is 2.02. The van der Waals surface area contributed by atoms with Gasteiger partial charge in [-0.25, -0.2) is 0 Å². The third-order valence-electron chi connectivity index (χ3n) is 3.29. The van der Waals surface area contributed by atoms with Gasteiger partial charge in [-0.05, 0) is 48.7 Å². The van der Waals surface area contributed by atoms with E-state index in [-0.39, 0.29) is 6.04 Å². The predicted octanol–water partition coefficient (Wildman–Crippen LogP) is 4.29. The van der Waals surface area contributed by atoms with Crippen molar-refractivity contribution in [2.75, 3.05) is 5.32 Å². The van der Waals surface area contributed by atoms with Crippen LogP contribution in [0.15, 0.2) is 48.5 Å². The Morgan fingerprint density at radius 3 is 2.21 bits per heavy atom. The first-order valence-electron chi connectivity index (χ1n) is 6.58. The highest BCUT2D eigenvalue weighted by Crippen LogP contribution is 2.20. The first-order valence-corrected chi connectivity index (χ1v) is 6.58. The van der Waals surface area contributed by atoms with Crippen LogP contribution in [0.3, 0.4) is 0 Å². The van der Waals surface area contributed by atoms with Gasteiger partial charge in [-0.15, -0.1) is 0 Å². The highest BCUT2D eigenvalue weighted by Gasteiger charge is 2.05. The van der Waals surface area contributed by atoms with Crippen LogP contribution in [0.2, 0.25) is 0 Å². The Morgan fingerprint density at radius 1 is 1.05 bits per heavy atom. The zero-order valence-corrected chi connectivity index (χ0v) is 11.4. The molecule has 1 atom stereocenters. The molecule has 1 N–H and O–H groups in total. The van der Waals surface area contributed by atoms with E-state index in [0.717, 1.165) is 12.1 Å². The lowest BCUT2D eigenvalue weighted by Crippen LogP contribution is -2.06. The molecule has 0 radical (unpaired) electrons. The van der Waals surface area contributed by atoms with Crippen molar-refractivity contribution in [3.63, 3.8) is 0 Å². The van der Waals surface area contributed by atoms with Gasteiger partial charge in [-0.1, -0.05) is 31.2 Å². The molecule has 0 heterocycles. The van der Waals surface area contributed by atoms with Crippen molar-refractivity contribution in [3.05, 3.63) is 65.2 Å². The standard InChI is InChI=1S/C17H18N2/c1-3-14-6-10-17(11-7-14)19-13(2)16-8-4-15(12-18)5-9-16/h4-11,13,19H,3H2,1-2H3. The number of rotatable bonds is 4. The topological polar surface area (TPSA) is 35.8 Å². The zero-order chi connectivity index (χ0) is 13.7. The lowest BCUT2D eigenvalue weighted by atomic mass is 10.1. The van der Waals surface area contributed by atoms with Crippen LogP contribution in [0.1, 0.15) is 36.6 Å². The first-order chi connectivity index (χ1) is 9.22. The second-order valence-corrected chi connectivity index (χ2v) is 4.65. The van der Waals surface area contributed by atoms with Gasteiger partial charge in [-0.2, -0.15) is 5.26 Å². The number of hydrogen-bond acceptors (Lipinski definition) is 2. The van der Waals surface area contributed by atoms with E-state index in [2.05, 4.69) is 49.5 Å². The number of nitriles is 1. The number of benzene rings is 2. The minimum absolute atomic E-state index is 0.222. The van der Waals surface area contributed by atoms with Gasteiger partial charge in [0.25, 0.3) is 0 Å². The lowest BCUT2D eigenvalue weighted by molar-refractivity contribution is 0.884. The summed E-state index contributed by atoms with van der Waals surface area (Å²) in [5, 5.41) is 12.3. The van der Waals surface area contributed by atoms with Crippen LogP contribution in [0, 0.1) is 11.3 Å². The number of aryl methyl sites for hydroxylation is 1. The highest BCUT2D eigenvalue weighted by molar-refractivity contribution is 5.47. The summed E-state index contributed by atoms with van der Waals surface area (Å²) in [6, 6.07) is 18.6. The van der Waals surface area contributed by atoms with Gasteiger partial charge < -0.3 is 5.32 Å². The normalized spacial score (nSPS) is 11.6. The van der Waals surface area contributed by atoms with Gasteiger partial charge in [0.15, 0.2) is 0 Å². The van der Waals surface area contributed by atoms with Crippen LogP contribution in [-0.2, 0) is 6.42 Å². The van der Waals surface area contributed by atoms with Gasteiger partial charge in [0, 0.05) is 11.7 Å². The maximum atomic E-state index is 8.79. The average Bonchev–Trinajstić information content (AvgIpc) is 2.48. The summed E-state index contributed by atoms with van der Waals surface area (Å²) in [5.74, 6) is 0. The molecular formula is C17H18N2. The molecule has 0 aliphatic heterocycles. The molecule has 0 saturated carbocycles. The van der Waals surface area contributed by atoms with Crippen LogP contribution < -0.4 is 5.32 Å². The molecule has 2 aromatic carbocycles. The number of nitrogens with one attached hydrogen (secondary N) is 1. The van der Waals surface area contributed by atoms with E-state index in [1.165, 1.54) is 11.1 Å². The van der Waals surface area contributed by atoms with E-state index in [1.54, 1.807) is 0 Å². The third kappa shape index (κ3) is 3.35. The fraction of sp³-hybridized carbons (Fsp3) is 0.235. The predicted molar refractivity (Wildman–Crippen MR) is 79.0 cm³/mol. The average molecular weight is 250 g/mol. The van der Waals surface area contributed by atoms with E-state index in [0.29, 0.717) is 5.56 Å². The molecular weight excluding hydrogens is 232 g/mol. The van der Waals surface area contributed by atoms with Crippen LogP contribution in [-0.4, -0.2) is 0 Å². The van der Waals surface area contributed by atoms with Crippen molar-refractivity contribution in [1.82, 2.24) is 0 Å². The monoisotopic (exact) mass is 250 g/mol. The minimum Gasteiger partial charge on any atom is -0.379 e. The third-order valence-corrected chi connectivity index (χ3v) is 3.29. The molecule has 0 saturated heterocycles. The summed E-state index contributed by atoms with van der Waals surface area (Å²) in [4.78, 5) is 0. The number of nitrogens with zero attached hydrogens (tertiary/aromatic N) is 1. The largest absolute Gasteiger partial charge is 0.379 e. The molecule has 2 rings (SSSR count). The van der Waals surface area contributed by atoms with E-state index >= 15 is 0 Å². The summed E-state index contributed by atoms with van der Waals surface area (Å²) < 4.78 is 0. The van der Waals surface area contributed by atoms with Crippen molar-refractivity contribution < 1.29 is 0 Å². The molecule has 0 fully saturated rings. The Hall–Kier alpha value is -2.27. The molecule has 2 heteroatoms. The lowest BCUT2D eigenvalue weighted by Gasteiger charge is -2.16. The maximum absolute atomic E-state index is 8.79. The highest BCUT2D eigenvalue weighted by atomic mass is 14.9. The fourth-order valence-electron chi connectivity index (χ4n) is 2.02. The van der Waals surface area contributed by atoms with E-state index in [4.69, 9.17) is 5.26 Å². The van der Waals surface area contributed by atoms with Crippen molar-refractivity contribution in [2.24, 2.45) is 0 Å². The molecule has 2 aromatic rings. The second-order valence-electron chi connectivity index (χ2n) is 4.65. The summed E-state index contributed by atoms with van der Waals surface area (Å²) in [7, 11) is 0. The van der Waals surface area contributed by atoms with Gasteiger partial charge >= 0.3 is 0 Å². The van der Waals surface area contributed by atoms with Gasteiger partial charge in [0.2, 0.25) is 0 Å². The second kappa shape index (κ2) is 6.06. The van der Waals surface area contributed by atoms with Crippen molar-refractivity contribution in [3.8, 4) is 6.07 Å². The zero-order valence-electron chi connectivity index (χ0n) is 11.4. The Bertz CT molecular complexity index is 562. The Balaban J connectivity index is 2.06. The summed E-state index contributed by atoms with van der Waals surface area (Å²) in [5.41, 5.74) is 4.34. The van der Waals surface area contributed by atoms with Crippen LogP contribution >= 0.6 is 0 Å². The molecule has 2 nitrogen and oxygen atoms in total. The molecule has 0 spiro atoms. The Labute approximate surface area is 114 Å². The van der Waals surface area contributed by atoms with Crippen LogP contribution in [0.25, 0.3) is 0 Å². The molecule has 1 unspecified atom stereocenters. The van der Waals surface area contributed by atoms with Gasteiger partial charge in [0.05, 0.1) is 11.6 Å². The summed E-state index contributed by atoms with van der Waals surface area (Å²) in [6.45, 7) is 4.27. The van der Waals surface area contributed by atoms with E-state index in [9.17, 15) is 0 Å². The Morgan fingerprint density at radius 2 is 1.68 bits per heavy atom. The molecule has 0 amide bonds. The quantitative estimate of drug-likeness (QED) is 0.878. The van der Waals surface area contributed by atoms with Gasteiger partial charge in [0.1, 0.15) is 0 Å². The summed E-state index contributed by atoms with van der Waals surface area (Å²) >= 11 is 0. The molecule has 96 valence electrons. The molecule has 0 aromatic heterocycles. The summed E-state index contributed by atoms with van der Waals surface area (Å²) in [6.07, 6.45) is 1.06. The van der Waals surface area contributed by atoms with Crippen molar-refractivity contribution in [1.29, 1.82) is 5.26 Å². The molecule has 0 aliphatic carbocycles. The molecule has 0 aliphatic rings. The molecule has 19 heavy (non-hydrogen) atoms.